The molecule has 1 atom stereocenters. The molecule has 19 heavy (non-hydrogen) atoms. The van der Waals surface area contributed by atoms with Crippen LogP contribution in [0.5, 0.6) is 0 Å². The Kier molecular flexibility index (Phi) is 5.99. The van der Waals surface area contributed by atoms with Crippen LogP contribution >= 0.6 is 12.4 Å². The van der Waals surface area contributed by atoms with Gasteiger partial charge >= 0.3 is 0 Å². The second-order valence-electron chi connectivity index (χ2n) is 4.52. The number of Topliss-reactive ketones (excluding diaryl/α,β-unsaturated/α-hetero) is 1. The maximum absolute atomic E-state index is 11.9. The molecule has 2 N–H and O–H groups in total. The van der Waals surface area contributed by atoms with Gasteiger partial charge in [-0.1, -0.05) is 19.1 Å². The summed E-state index contributed by atoms with van der Waals surface area (Å²) < 4.78 is 0. The van der Waals surface area contributed by atoms with Crippen LogP contribution in [0.4, 0.5) is 0 Å². The Hall–Kier alpha value is -1.39. The minimum atomic E-state index is -0.0702. The third-order valence-corrected chi connectivity index (χ3v) is 3.19. The summed E-state index contributed by atoms with van der Waals surface area (Å²) in [5, 5.41) is 6.17. The number of carbonyl (C=O) groups is 2. The number of rotatable bonds is 4. The van der Waals surface area contributed by atoms with E-state index in [2.05, 4.69) is 10.6 Å². The molecular formula is C14H19ClN2O2. The van der Waals surface area contributed by atoms with Gasteiger partial charge in [-0.15, -0.1) is 12.4 Å². The van der Waals surface area contributed by atoms with E-state index in [4.69, 9.17) is 0 Å². The van der Waals surface area contributed by atoms with Crippen molar-refractivity contribution in [3.63, 3.8) is 0 Å². The van der Waals surface area contributed by atoms with Gasteiger partial charge in [0.05, 0.1) is 0 Å². The molecule has 4 nitrogen and oxygen atoms in total. The monoisotopic (exact) mass is 282 g/mol. The zero-order valence-corrected chi connectivity index (χ0v) is 11.8. The van der Waals surface area contributed by atoms with Crippen molar-refractivity contribution in [3.05, 3.63) is 35.4 Å². The molecule has 104 valence electrons. The number of nitrogens with one attached hydrogen (secondary N) is 2. The van der Waals surface area contributed by atoms with E-state index in [1.165, 1.54) is 0 Å². The largest absolute Gasteiger partial charge is 0.348 e. The Balaban J connectivity index is 0.00000180. The summed E-state index contributed by atoms with van der Waals surface area (Å²) >= 11 is 0. The summed E-state index contributed by atoms with van der Waals surface area (Å²) in [5.74, 6) is 0.0288. The number of halogens is 1. The fourth-order valence-electron chi connectivity index (χ4n) is 2.06. The minimum absolute atomic E-state index is 0. The van der Waals surface area contributed by atoms with Crippen molar-refractivity contribution in [2.75, 3.05) is 13.1 Å². The van der Waals surface area contributed by atoms with Gasteiger partial charge in [-0.3, -0.25) is 9.59 Å². The molecule has 1 aromatic carbocycles. The Morgan fingerprint density at radius 3 is 2.42 bits per heavy atom. The molecular weight excluding hydrogens is 264 g/mol. The number of hydrogen-bond donors (Lipinski definition) is 2. The molecule has 0 radical (unpaired) electrons. The average Bonchev–Trinajstić information content (AvgIpc) is 2.91. The Morgan fingerprint density at radius 2 is 1.89 bits per heavy atom. The predicted octanol–water partition coefficient (Wildman–Crippen LogP) is 1.79. The van der Waals surface area contributed by atoms with Crippen LogP contribution in [0.15, 0.2) is 24.3 Å². The maximum atomic E-state index is 11.9. The standard InChI is InChI=1S/C14H18N2O2.ClH/c1-2-13(17)10-3-5-11(6-4-10)14(18)16-12-7-8-15-9-12;/h3-6,12,15H,2,7-9H2,1H3,(H,16,18);1H. The van der Waals surface area contributed by atoms with Gasteiger partial charge in [0.25, 0.3) is 5.91 Å². The fraction of sp³-hybridized carbons (Fsp3) is 0.429. The van der Waals surface area contributed by atoms with Gasteiger partial charge in [-0.2, -0.15) is 0 Å². The van der Waals surface area contributed by atoms with Crippen LogP contribution in [-0.2, 0) is 0 Å². The van der Waals surface area contributed by atoms with Crippen molar-refractivity contribution >= 4 is 24.1 Å². The first kappa shape index (κ1) is 15.7. The van der Waals surface area contributed by atoms with Crippen molar-refractivity contribution in [3.8, 4) is 0 Å². The van der Waals surface area contributed by atoms with Crippen LogP contribution in [0.25, 0.3) is 0 Å². The van der Waals surface area contributed by atoms with Gasteiger partial charge in [0, 0.05) is 30.1 Å². The lowest BCUT2D eigenvalue weighted by atomic mass is 10.1. The zero-order valence-electron chi connectivity index (χ0n) is 10.9. The van der Waals surface area contributed by atoms with Crippen LogP contribution in [0.3, 0.4) is 0 Å². The second kappa shape index (κ2) is 7.26. The van der Waals surface area contributed by atoms with Crippen molar-refractivity contribution in [2.24, 2.45) is 0 Å². The quantitative estimate of drug-likeness (QED) is 0.828. The third kappa shape index (κ3) is 4.04. The number of carbonyl (C=O) groups excluding carboxylic acids is 2. The Bertz CT molecular complexity index is 439. The van der Waals surface area contributed by atoms with Gasteiger partial charge in [-0.25, -0.2) is 0 Å². The maximum Gasteiger partial charge on any atom is 0.251 e. The normalized spacial score (nSPS) is 17.6. The van der Waals surface area contributed by atoms with E-state index in [1.807, 2.05) is 6.92 Å². The highest BCUT2D eigenvalue weighted by atomic mass is 35.5. The third-order valence-electron chi connectivity index (χ3n) is 3.19. The summed E-state index contributed by atoms with van der Waals surface area (Å²) in [7, 11) is 0. The van der Waals surface area contributed by atoms with Gasteiger partial charge in [0.15, 0.2) is 5.78 Å². The molecule has 0 spiro atoms. The molecule has 1 unspecified atom stereocenters. The summed E-state index contributed by atoms with van der Waals surface area (Å²) in [6.45, 7) is 3.61. The van der Waals surface area contributed by atoms with E-state index in [9.17, 15) is 9.59 Å². The highest BCUT2D eigenvalue weighted by Gasteiger charge is 2.17. The summed E-state index contributed by atoms with van der Waals surface area (Å²) in [4.78, 5) is 23.4. The van der Waals surface area contributed by atoms with Crippen molar-refractivity contribution < 1.29 is 9.59 Å². The van der Waals surface area contributed by atoms with Crippen molar-refractivity contribution in [1.82, 2.24) is 10.6 Å². The topological polar surface area (TPSA) is 58.2 Å². The Morgan fingerprint density at radius 1 is 1.26 bits per heavy atom. The summed E-state index contributed by atoms with van der Waals surface area (Å²) in [5.41, 5.74) is 1.27. The van der Waals surface area contributed by atoms with E-state index in [0.29, 0.717) is 17.5 Å². The van der Waals surface area contributed by atoms with Gasteiger partial charge in [-0.05, 0) is 25.1 Å². The molecule has 0 aromatic heterocycles. The Labute approximate surface area is 119 Å². The number of amides is 1. The first-order valence-corrected chi connectivity index (χ1v) is 6.35. The molecule has 1 amide bonds. The average molecular weight is 283 g/mol. The van der Waals surface area contributed by atoms with Gasteiger partial charge < -0.3 is 10.6 Å². The molecule has 0 bridgehead atoms. The molecule has 0 saturated carbocycles. The molecule has 2 rings (SSSR count). The van der Waals surface area contributed by atoms with Crippen LogP contribution in [0.2, 0.25) is 0 Å². The lowest BCUT2D eigenvalue weighted by Gasteiger charge is -2.11. The number of benzene rings is 1. The van der Waals surface area contributed by atoms with Crippen molar-refractivity contribution in [2.45, 2.75) is 25.8 Å². The van der Waals surface area contributed by atoms with Crippen LogP contribution < -0.4 is 10.6 Å². The van der Waals surface area contributed by atoms with E-state index in [0.717, 1.165) is 19.5 Å². The van der Waals surface area contributed by atoms with E-state index in [1.54, 1.807) is 24.3 Å². The van der Waals surface area contributed by atoms with Crippen molar-refractivity contribution in [1.29, 1.82) is 0 Å². The van der Waals surface area contributed by atoms with E-state index < -0.39 is 0 Å². The predicted molar refractivity (Wildman–Crippen MR) is 77.1 cm³/mol. The molecule has 1 aromatic rings. The van der Waals surface area contributed by atoms with E-state index in [-0.39, 0.29) is 30.1 Å². The molecule has 1 saturated heterocycles. The van der Waals surface area contributed by atoms with Crippen LogP contribution in [0.1, 0.15) is 40.5 Å². The first-order valence-electron chi connectivity index (χ1n) is 6.35. The lowest BCUT2D eigenvalue weighted by molar-refractivity contribution is 0.0937. The zero-order chi connectivity index (χ0) is 13.0. The number of hydrogen-bond acceptors (Lipinski definition) is 3. The summed E-state index contributed by atoms with van der Waals surface area (Å²) in [6, 6.07) is 7.07. The van der Waals surface area contributed by atoms with Gasteiger partial charge in [0.2, 0.25) is 0 Å². The number of ketones is 1. The lowest BCUT2D eigenvalue weighted by Crippen LogP contribution is -2.36. The summed E-state index contributed by atoms with van der Waals surface area (Å²) in [6.07, 6.45) is 1.46. The molecule has 1 aliphatic rings. The second-order valence-corrected chi connectivity index (χ2v) is 4.52. The smallest absolute Gasteiger partial charge is 0.251 e. The van der Waals surface area contributed by atoms with Crippen LogP contribution in [-0.4, -0.2) is 30.8 Å². The van der Waals surface area contributed by atoms with E-state index >= 15 is 0 Å². The van der Waals surface area contributed by atoms with Crippen LogP contribution in [0, 0.1) is 0 Å². The van der Waals surface area contributed by atoms with Gasteiger partial charge in [0.1, 0.15) is 0 Å². The highest BCUT2D eigenvalue weighted by Crippen LogP contribution is 2.08. The molecule has 5 heteroatoms. The molecule has 0 aliphatic carbocycles. The highest BCUT2D eigenvalue weighted by molar-refractivity contribution is 5.98. The molecule has 1 aliphatic heterocycles. The fourth-order valence-corrected chi connectivity index (χ4v) is 2.06. The molecule has 1 heterocycles. The first-order chi connectivity index (χ1) is 8.70. The minimum Gasteiger partial charge on any atom is -0.348 e. The SMILES string of the molecule is CCC(=O)c1ccc(C(=O)NC2CCNC2)cc1.Cl. The molecule has 1 fully saturated rings.